The normalized spacial score (nSPS) is 11.6. The zero-order valence-corrected chi connectivity index (χ0v) is 17.3. The van der Waals surface area contributed by atoms with Gasteiger partial charge in [0.05, 0.1) is 6.10 Å². The number of aliphatic hydroxyl groups excluding tert-OH is 1. The Morgan fingerprint density at radius 3 is 2.67 bits per heavy atom. The minimum atomic E-state index is -0.436. The second-order valence-corrected chi connectivity index (χ2v) is 7.32. The molecule has 0 radical (unpaired) electrons. The van der Waals surface area contributed by atoms with Crippen molar-refractivity contribution < 1.29 is 14.6 Å². The molecule has 0 aliphatic heterocycles. The molecule has 2 rings (SSSR count). The van der Waals surface area contributed by atoms with Crippen LogP contribution in [0.4, 0.5) is 0 Å². The van der Waals surface area contributed by atoms with Crippen LogP contribution in [0.15, 0.2) is 54.8 Å². The average molecular weight is 382 g/mol. The van der Waals surface area contributed by atoms with Crippen LogP contribution in [0.25, 0.3) is 0 Å². The summed E-state index contributed by atoms with van der Waals surface area (Å²) in [6, 6.07) is 14.0. The maximum Gasteiger partial charge on any atom is 0.149 e. The molecule has 3 nitrogen and oxygen atoms in total. The van der Waals surface area contributed by atoms with Gasteiger partial charge in [0.2, 0.25) is 0 Å². The van der Waals surface area contributed by atoms with Gasteiger partial charge in [-0.2, -0.15) is 0 Å². The van der Waals surface area contributed by atoms with Gasteiger partial charge >= 0.3 is 0 Å². The monoisotopic (exact) mass is 382 g/mol. The number of benzene rings is 2. The minimum absolute atomic E-state index is 0.00696. The van der Waals surface area contributed by atoms with Gasteiger partial charge in [-0.3, -0.25) is 0 Å². The predicted molar refractivity (Wildman–Crippen MR) is 115 cm³/mol. The molecular weight excluding hydrogens is 355 g/mol. The van der Waals surface area contributed by atoms with Crippen LogP contribution >= 0.6 is 9.24 Å². The first kappa shape index (κ1) is 21.0. The molecule has 0 fully saturated rings. The summed E-state index contributed by atoms with van der Waals surface area (Å²) in [6.45, 7) is 9.83. The predicted octanol–water partition coefficient (Wildman–Crippen LogP) is 4.33. The van der Waals surface area contributed by atoms with Crippen LogP contribution in [0.5, 0.6) is 5.75 Å². The van der Waals surface area contributed by atoms with Crippen LogP contribution in [0.3, 0.4) is 0 Å². The van der Waals surface area contributed by atoms with Gasteiger partial charge in [-0.15, -0.1) is 9.24 Å². The van der Waals surface area contributed by atoms with E-state index in [9.17, 15) is 5.11 Å². The molecule has 2 aromatic rings. The Hall–Kier alpha value is -2.27. The molecule has 0 spiro atoms. The molecule has 0 saturated carbocycles. The largest absolute Gasteiger partial charge is 0.510 e. The topological polar surface area (TPSA) is 38.7 Å². The molecule has 2 atom stereocenters. The lowest BCUT2D eigenvalue weighted by Gasteiger charge is -2.20. The first-order valence-corrected chi connectivity index (χ1v) is 9.53. The first-order chi connectivity index (χ1) is 12.8. The number of aliphatic hydroxyl groups is 1. The SMILES string of the molecule is C=C(O)C(Cc1ccc(P)c(OCC#Cc2cccc(C)c2)c1)OC(C)C. The molecule has 0 aliphatic rings. The Morgan fingerprint density at radius 1 is 1.22 bits per heavy atom. The summed E-state index contributed by atoms with van der Waals surface area (Å²) in [5.74, 6) is 6.95. The Kier molecular flexibility index (Phi) is 7.92. The van der Waals surface area contributed by atoms with Gasteiger partial charge in [-0.05, 0) is 50.1 Å². The number of ether oxygens (including phenoxy) is 2. The highest BCUT2D eigenvalue weighted by molar-refractivity contribution is 7.27. The molecule has 0 aromatic heterocycles. The minimum Gasteiger partial charge on any atom is -0.510 e. The van der Waals surface area contributed by atoms with Crippen LogP contribution in [0, 0.1) is 18.8 Å². The summed E-state index contributed by atoms with van der Waals surface area (Å²) < 4.78 is 11.6. The number of rotatable bonds is 7. The van der Waals surface area contributed by atoms with Crippen molar-refractivity contribution in [2.75, 3.05) is 6.61 Å². The van der Waals surface area contributed by atoms with Gasteiger partial charge in [-0.1, -0.05) is 42.7 Å². The van der Waals surface area contributed by atoms with Crippen LogP contribution in [-0.4, -0.2) is 23.9 Å². The fraction of sp³-hybridized carbons (Fsp3) is 0.304. The van der Waals surface area contributed by atoms with Crippen LogP contribution in [0.2, 0.25) is 0 Å². The molecule has 0 bridgehead atoms. The standard InChI is InChI=1S/C23H27O3P/c1-16(2)26-21(18(4)24)14-20-10-11-23(27)22(15-20)25-12-6-9-19-8-5-7-17(3)13-19/h5,7-8,10-11,13,15-16,21,24H,4,12,14,27H2,1-3H3. The molecule has 2 unspecified atom stereocenters. The van der Waals surface area contributed by atoms with Crippen molar-refractivity contribution in [2.24, 2.45) is 0 Å². The van der Waals surface area contributed by atoms with Gasteiger partial charge in [0.15, 0.2) is 0 Å². The van der Waals surface area contributed by atoms with E-state index in [0.717, 1.165) is 22.2 Å². The molecule has 0 aliphatic carbocycles. The van der Waals surface area contributed by atoms with Crippen LogP contribution in [-0.2, 0) is 11.2 Å². The quantitative estimate of drug-likeness (QED) is 0.440. The van der Waals surface area contributed by atoms with Crippen LogP contribution < -0.4 is 10.0 Å². The smallest absolute Gasteiger partial charge is 0.149 e. The molecule has 142 valence electrons. The van der Waals surface area contributed by atoms with Crippen molar-refractivity contribution in [3.05, 3.63) is 71.5 Å². The van der Waals surface area contributed by atoms with Gasteiger partial charge in [0.25, 0.3) is 0 Å². The van der Waals surface area contributed by atoms with E-state index in [1.165, 1.54) is 5.56 Å². The fourth-order valence-electron chi connectivity index (χ4n) is 2.59. The first-order valence-electron chi connectivity index (χ1n) is 8.95. The Labute approximate surface area is 164 Å². The number of aryl methyl sites for hydroxylation is 1. The molecule has 4 heteroatoms. The Morgan fingerprint density at radius 2 is 2.00 bits per heavy atom. The summed E-state index contributed by atoms with van der Waals surface area (Å²) in [5.41, 5.74) is 3.17. The van der Waals surface area contributed by atoms with E-state index >= 15 is 0 Å². The van der Waals surface area contributed by atoms with E-state index in [1.807, 2.05) is 63.2 Å². The van der Waals surface area contributed by atoms with Gasteiger partial charge in [-0.25, -0.2) is 0 Å². The molecule has 0 saturated heterocycles. The third kappa shape index (κ3) is 7.10. The lowest BCUT2D eigenvalue weighted by atomic mass is 10.1. The molecule has 2 aromatic carbocycles. The van der Waals surface area contributed by atoms with E-state index in [0.29, 0.717) is 13.0 Å². The second kappa shape index (κ2) is 10.2. The van der Waals surface area contributed by atoms with Gasteiger partial charge in [0, 0.05) is 17.3 Å². The number of hydrogen-bond acceptors (Lipinski definition) is 3. The molecule has 27 heavy (non-hydrogen) atoms. The lowest BCUT2D eigenvalue weighted by molar-refractivity contribution is 0.00790. The third-order valence-corrected chi connectivity index (χ3v) is 4.33. The second-order valence-electron chi connectivity index (χ2n) is 6.70. The van der Waals surface area contributed by atoms with Crippen molar-refractivity contribution in [1.29, 1.82) is 0 Å². The lowest BCUT2D eigenvalue weighted by Crippen LogP contribution is -2.22. The summed E-state index contributed by atoms with van der Waals surface area (Å²) in [5, 5.41) is 10.7. The summed E-state index contributed by atoms with van der Waals surface area (Å²) in [6.07, 6.45) is 0.103. The highest BCUT2D eigenvalue weighted by atomic mass is 31.0. The Balaban J connectivity index is 2.03. The van der Waals surface area contributed by atoms with E-state index in [-0.39, 0.29) is 11.9 Å². The van der Waals surface area contributed by atoms with Crippen molar-refractivity contribution in [1.82, 2.24) is 0 Å². The van der Waals surface area contributed by atoms with Crippen molar-refractivity contribution in [3.8, 4) is 17.6 Å². The summed E-state index contributed by atoms with van der Waals surface area (Å²) >= 11 is 0. The number of hydrogen-bond donors (Lipinski definition) is 1. The van der Waals surface area contributed by atoms with Crippen molar-refractivity contribution in [2.45, 2.75) is 39.4 Å². The third-order valence-electron chi connectivity index (χ3n) is 3.86. The van der Waals surface area contributed by atoms with E-state index in [2.05, 4.69) is 27.7 Å². The fourth-order valence-corrected chi connectivity index (χ4v) is 2.86. The van der Waals surface area contributed by atoms with E-state index in [1.54, 1.807) is 0 Å². The van der Waals surface area contributed by atoms with Gasteiger partial charge in [0.1, 0.15) is 24.2 Å². The maximum absolute atomic E-state index is 9.77. The maximum atomic E-state index is 9.77. The highest BCUT2D eigenvalue weighted by Crippen LogP contribution is 2.18. The zero-order valence-electron chi connectivity index (χ0n) is 16.2. The molecule has 0 amide bonds. The molecule has 0 heterocycles. The molecule has 1 N–H and O–H groups in total. The van der Waals surface area contributed by atoms with Gasteiger partial charge < -0.3 is 14.6 Å². The summed E-state index contributed by atoms with van der Waals surface area (Å²) in [4.78, 5) is 0. The Bertz CT molecular complexity index is 846. The average Bonchev–Trinajstić information content (AvgIpc) is 2.60. The molecular formula is C23H27O3P. The summed E-state index contributed by atoms with van der Waals surface area (Å²) in [7, 11) is 2.67. The highest BCUT2D eigenvalue weighted by Gasteiger charge is 2.16. The van der Waals surface area contributed by atoms with Crippen molar-refractivity contribution >= 4 is 14.5 Å². The zero-order chi connectivity index (χ0) is 19.8. The van der Waals surface area contributed by atoms with E-state index in [4.69, 9.17) is 9.47 Å². The van der Waals surface area contributed by atoms with Crippen LogP contribution in [0.1, 0.15) is 30.5 Å². The van der Waals surface area contributed by atoms with Crippen molar-refractivity contribution in [3.63, 3.8) is 0 Å². The van der Waals surface area contributed by atoms with E-state index < -0.39 is 6.10 Å².